The van der Waals surface area contributed by atoms with Crippen molar-refractivity contribution in [2.75, 3.05) is 14.2 Å². The van der Waals surface area contributed by atoms with Crippen molar-refractivity contribution < 1.29 is 19.1 Å². The molecule has 3 aliphatic carbocycles. The van der Waals surface area contributed by atoms with Gasteiger partial charge in [0, 0.05) is 6.42 Å². The zero-order valence-electron chi connectivity index (χ0n) is 18.3. The molecule has 6 rings (SSSR count). The smallest absolute Gasteiger partial charge is 0.328 e. The Kier molecular flexibility index (Phi) is 4.10. The molecule has 3 aliphatic rings. The van der Waals surface area contributed by atoms with Crippen LogP contribution in [0.5, 0.6) is 0 Å². The number of esters is 2. The molecule has 0 unspecified atom stereocenters. The van der Waals surface area contributed by atoms with Gasteiger partial charge >= 0.3 is 11.9 Å². The third-order valence-corrected chi connectivity index (χ3v) is 7.49. The first kappa shape index (κ1) is 19.3. The second-order valence-corrected chi connectivity index (χ2v) is 8.96. The maximum Gasteiger partial charge on any atom is 0.328 e. The van der Waals surface area contributed by atoms with E-state index in [2.05, 4.69) is 36.4 Å². The Hall–Kier alpha value is -3.40. The molecule has 0 radical (unpaired) electrons. The van der Waals surface area contributed by atoms with Crippen molar-refractivity contribution >= 4 is 28.3 Å². The maximum atomic E-state index is 13.3. The average molecular weight is 424 g/mol. The van der Waals surface area contributed by atoms with E-state index in [0.717, 1.165) is 46.7 Å². The van der Waals surface area contributed by atoms with Gasteiger partial charge in [0.2, 0.25) is 0 Å². The van der Waals surface area contributed by atoms with Crippen molar-refractivity contribution in [2.45, 2.75) is 37.5 Å². The van der Waals surface area contributed by atoms with Crippen LogP contribution in [0.2, 0.25) is 0 Å². The largest absolute Gasteiger partial charge is 0.468 e. The van der Waals surface area contributed by atoms with Crippen LogP contribution >= 0.6 is 0 Å². The van der Waals surface area contributed by atoms with Crippen LogP contribution in [0.25, 0.3) is 27.5 Å². The molecule has 160 valence electrons. The van der Waals surface area contributed by atoms with Gasteiger partial charge in [-0.1, -0.05) is 48.5 Å². The van der Waals surface area contributed by atoms with Gasteiger partial charge in [0.1, 0.15) is 0 Å². The van der Waals surface area contributed by atoms with Crippen molar-refractivity contribution in [3.8, 4) is 11.1 Å². The van der Waals surface area contributed by atoms with Crippen molar-refractivity contribution in [3.05, 3.63) is 76.4 Å². The molecular weight excluding hydrogens is 400 g/mol. The molecule has 0 aliphatic heterocycles. The number of benzene rings is 3. The van der Waals surface area contributed by atoms with E-state index >= 15 is 0 Å². The number of allylic oxidation sites excluding steroid dienone is 2. The fourth-order valence-electron chi connectivity index (χ4n) is 6.25. The molecule has 0 amide bonds. The van der Waals surface area contributed by atoms with E-state index in [-0.39, 0.29) is 6.42 Å². The first-order valence-corrected chi connectivity index (χ1v) is 11.2. The minimum atomic E-state index is -1.47. The molecule has 4 heteroatoms. The number of rotatable bonds is 3. The molecule has 0 heterocycles. The van der Waals surface area contributed by atoms with Crippen LogP contribution < -0.4 is 0 Å². The van der Waals surface area contributed by atoms with Gasteiger partial charge in [0.15, 0.2) is 5.41 Å². The van der Waals surface area contributed by atoms with Crippen LogP contribution in [-0.2, 0) is 37.3 Å². The normalized spacial score (nSPS) is 17.1. The molecule has 0 spiro atoms. The lowest BCUT2D eigenvalue weighted by atomic mass is 9.76. The highest BCUT2D eigenvalue weighted by Crippen LogP contribution is 2.55. The van der Waals surface area contributed by atoms with Crippen LogP contribution in [0.15, 0.2) is 48.5 Å². The lowest BCUT2D eigenvalue weighted by molar-refractivity contribution is -0.161. The zero-order valence-corrected chi connectivity index (χ0v) is 18.3. The highest BCUT2D eigenvalue weighted by molar-refractivity contribution is 6.17. The Morgan fingerprint density at radius 2 is 1.66 bits per heavy atom. The topological polar surface area (TPSA) is 52.6 Å². The van der Waals surface area contributed by atoms with Gasteiger partial charge in [-0.15, -0.1) is 0 Å². The monoisotopic (exact) mass is 424 g/mol. The van der Waals surface area contributed by atoms with Gasteiger partial charge in [-0.25, -0.2) is 0 Å². The number of fused-ring (bicyclic) bond motifs is 4. The van der Waals surface area contributed by atoms with E-state index in [4.69, 9.17) is 9.47 Å². The summed E-state index contributed by atoms with van der Waals surface area (Å²) in [5.41, 5.74) is 7.64. The van der Waals surface area contributed by atoms with E-state index < -0.39 is 17.4 Å². The quantitative estimate of drug-likeness (QED) is 0.338. The van der Waals surface area contributed by atoms with Gasteiger partial charge in [0.05, 0.1) is 14.2 Å². The van der Waals surface area contributed by atoms with E-state index in [1.165, 1.54) is 42.0 Å². The Balaban J connectivity index is 1.81. The fourth-order valence-corrected chi connectivity index (χ4v) is 6.25. The Morgan fingerprint density at radius 3 is 2.38 bits per heavy atom. The molecule has 0 bridgehead atoms. The van der Waals surface area contributed by atoms with Gasteiger partial charge < -0.3 is 9.47 Å². The van der Waals surface area contributed by atoms with Crippen molar-refractivity contribution in [1.29, 1.82) is 0 Å². The standard InChI is InChI=1S/C28H24O4/c1-31-26(29)28(27(30)32-2)15-18-11-7-13-20-22(16-8-3-4-9-16)24-19-12-6-5-10-17(19)14-21(24)25(28)23(18)20/h5-8,10-13H,3-4,9,14-15H2,1-2H3. The average Bonchev–Trinajstić information content (AvgIpc) is 3.55. The third kappa shape index (κ3) is 2.27. The number of carbonyl (C=O) groups is 2. The molecule has 0 fully saturated rings. The van der Waals surface area contributed by atoms with Crippen LogP contribution in [-0.4, -0.2) is 26.2 Å². The summed E-state index contributed by atoms with van der Waals surface area (Å²) in [6.45, 7) is 0. The molecule has 0 atom stereocenters. The highest BCUT2D eigenvalue weighted by atomic mass is 16.5. The molecular formula is C28H24O4. The number of carbonyl (C=O) groups excluding carboxylic acids is 2. The molecule has 0 aromatic heterocycles. The first-order chi connectivity index (χ1) is 15.6. The molecule has 0 saturated heterocycles. The maximum absolute atomic E-state index is 13.3. The summed E-state index contributed by atoms with van der Waals surface area (Å²) in [6, 6.07) is 14.6. The van der Waals surface area contributed by atoms with E-state index in [9.17, 15) is 9.59 Å². The SMILES string of the molecule is COC(=O)C1(C(=O)OC)Cc2cccc3c(C4=CCCC4)c4c(c1c23)Cc1ccccc1-4. The van der Waals surface area contributed by atoms with Crippen LogP contribution in [0.1, 0.15) is 47.1 Å². The molecule has 3 aromatic rings. The van der Waals surface area contributed by atoms with Gasteiger partial charge in [-0.3, -0.25) is 9.59 Å². The predicted octanol–water partition coefficient (Wildman–Crippen LogP) is 5.12. The fraction of sp³-hybridized carbons (Fsp3) is 0.286. The van der Waals surface area contributed by atoms with Gasteiger partial charge in [-0.05, 0) is 81.0 Å². The molecule has 4 nitrogen and oxygen atoms in total. The number of hydrogen-bond donors (Lipinski definition) is 0. The van der Waals surface area contributed by atoms with Crippen LogP contribution in [0.4, 0.5) is 0 Å². The minimum absolute atomic E-state index is 0.268. The predicted molar refractivity (Wildman–Crippen MR) is 123 cm³/mol. The van der Waals surface area contributed by atoms with E-state index in [1.54, 1.807) is 0 Å². The zero-order chi connectivity index (χ0) is 22.0. The first-order valence-electron chi connectivity index (χ1n) is 11.2. The molecule has 0 N–H and O–H groups in total. The van der Waals surface area contributed by atoms with Crippen molar-refractivity contribution in [2.24, 2.45) is 0 Å². The van der Waals surface area contributed by atoms with E-state index in [0.29, 0.717) is 6.42 Å². The molecule has 3 aromatic carbocycles. The van der Waals surface area contributed by atoms with Crippen LogP contribution in [0.3, 0.4) is 0 Å². The van der Waals surface area contributed by atoms with E-state index in [1.807, 2.05) is 12.1 Å². The molecule has 0 saturated carbocycles. The van der Waals surface area contributed by atoms with Gasteiger partial charge in [0.25, 0.3) is 0 Å². The molecule has 32 heavy (non-hydrogen) atoms. The summed E-state index contributed by atoms with van der Waals surface area (Å²) in [7, 11) is 2.69. The number of ether oxygens (including phenoxy) is 2. The Labute approximate surface area is 186 Å². The van der Waals surface area contributed by atoms with Gasteiger partial charge in [-0.2, -0.15) is 0 Å². The lowest BCUT2D eigenvalue weighted by Crippen LogP contribution is -2.46. The Bertz CT molecular complexity index is 1350. The highest BCUT2D eigenvalue weighted by Gasteiger charge is 2.57. The summed E-state index contributed by atoms with van der Waals surface area (Å²) in [6.07, 6.45) is 6.61. The summed E-state index contributed by atoms with van der Waals surface area (Å²) in [5, 5.41) is 2.15. The number of methoxy groups -OCH3 is 2. The van der Waals surface area contributed by atoms with Crippen molar-refractivity contribution in [3.63, 3.8) is 0 Å². The summed E-state index contributed by atoms with van der Waals surface area (Å²) in [5.74, 6) is -1.10. The second-order valence-electron chi connectivity index (χ2n) is 8.96. The third-order valence-electron chi connectivity index (χ3n) is 7.49. The summed E-state index contributed by atoms with van der Waals surface area (Å²) >= 11 is 0. The minimum Gasteiger partial charge on any atom is -0.468 e. The summed E-state index contributed by atoms with van der Waals surface area (Å²) < 4.78 is 10.5. The summed E-state index contributed by atoms with van der Waals surface area (Å²) in [4.78, 5) is 26.6. The van der Waals surface area contributed by atoms with Crippen LogP contribution in [0, 0.1) is 0 Å². The second kappa shape index (κ2) is 6.80. The Morgan fingerprint density at radius 1 is 0.906 bits per heavy atom. The number of hydrogen-bond acceptors (Lipinski definition) is 4. The lowest BCUT2D eigenvalue weighted by Gasteiger charge is -2.27. The van der Waals surface area contributed by atoms with Crippen molar-refractivity contribution in [1.82, 2.24) is 0 Å².